The van der Waals surface area contributed by atoms with Crippen molar-refractivity contribution in [2.24, 2.45) is 0 Å². The highest BCUT2D eigenvalue weighted by Crippen LogP contribution is 2.62. The summed E-state index contributed by atoms with van der Waals surface area (Å²) in [6.45, 7) is 0. The normalized spacial score (nSPS) is 16.2. The van der Waals surface area contributed by atoms with Crippen LogP contribution >= 0.6 is 0 Å². The van der Waals surface area contributed by atoms with Crippen LogP contribution in [0.1, 0.15) is 35.1 Å². The van der Waals surface area contributed by atoms with Gasteiger partial charge in [0, 0.05) is 55.4 Å². The summed E-state index contributed by atoms with van der Waals surface area (Å²) in [5.41, 5.74) is 14.7. The summed E-state index contributed by atoms with van der Waals surface area (Å²) in [6, 6.07) is 66.7. The minimum absolute atomic E-state index is 0.650. The van der Waals surface area contributed by atoms with E-state index in [9.17, 15) is 0 Å². The van der Waals surface area contributed by atoms with Crippen molar-refractivity contribution in [1.82, 2.24) is 9.13 Å². The van der Waals surface area contributed by atoms with Crippen LogP contribution in [0.5, 0.6) is 11.5 Å². The number of para-hydroxylation sites is 6. The quantitative estimate of drug-likeness (QED) is 0.178. The Labute approximate surface area is 341 Å². The topological polar surface area (TPSA) is 22.3 Å². The fourth-order valence-electron chi connectivity index (χ4n) is 10.7. The molecule has 13 rings (SSSR count). The van der Waals surface area contributed by atoms with Gasteiger partial charge in [0.25, 0.3) is 0 Å². The smallest absolute Gasteiger partial charge is 0.156 e. The summed E-state index contributed by atoms with van der Waals surface area (Å²) in [5.74, 6) is 1.77. The van der Waals surface area contributed by atoms with E-state index in [4.69, 9.17) is 4.74 Å². The van der Waals surface area contributed by atoms with Crippen molar-refractivity contribution in [3.63, 3.8) is 0 Å². The second-order valence-corrected chi connectivity index (χ2v) is 15.9. The van der Waals surface area contributed by atoms with Crippen molar-refractivity contribution in [2.45, 2.75) is 18.3 Å². The van der Waals surface area contributed by atoms with Gasteiger partial charge in [0.1, 0.15) is 5.75 Å². The van der Waals surface area contributed by atoms with Crippen LogP contribution in [0.2, 0.25) is 0 Å². The van der Waals surface area contributed by atoms with E-state index in [1.807, 2.05) is 0 Å². The molecule has 4 heterocycles. The molecule has 1 atom stereocenters. The van der Waals surface area contributed by atoms with Crippen LogP contribution < -0.4 is 9.64 Å². The van der Waals surface area contributed by atoms with E-state index >= 15 is 0 Å². The zero-order valence-electron chi connectivity index (χ0n) is 32.2. The Morgan fingerprint density at radius 1 is 0.475 bits per heavy atom. The molecule has 0 N–H and O–H groups in total. The molecule has 0 fully saturated rings. The molecule has 0 saturated carbocycles. The van der Waals surface area contributed by atoms with Gasteiger partial charge >= 0.3 is 0 Å². The van der Waals surface area contributed by atoms with Crippen molar-refractivity contribution in [1.29, 1.82) is 0 Å². The van der Waals surface area contributed by atoms with Gasteiger partial charge in [0.05, 0.1) is 33.2 Å². The Hall–Kier alpha value is -7.56. The molecule has 4 nitrogen and oxygen atoms in total. The van der Waals surface area contributed by atoms with E-state index in [1.165, 1.54) is 55.1 Å². The highest BCUT2D eigenvalue weighted by atomic mass is 16.5. The number of allylic oxidation sites excluding steroid dienone is 4. The SMILES string of the molecule is C1=CCCC(N(c2ccccc2)c2ccc(-n3c4ccccc4c4ccc5c(c43)Oc3ccccc3C53c4ccccc4-n4c5ccccc5c5cccc3c54)cc2)=C1. The minimum Gasteiger partial charge on any atom is -0.454 e. The first-order chi connectivity index (χ1) is 29.3. The van der Waals surface area contributed by atoms with Gasteiger partial charge in [0.2, 0.25) is 0 Å². The molecule has 4 heteroatoms. The molecule has 2 aromatic heterocycles. The molecule has 278 valence electrons. The number of rotatable bonds is 4. The van der Waals surface area contributed by atoms with E-state index in [0.717, 1.165) is 63.6 Å². The average Bonchev–Trinajstić information content (AvgIpc) is 3.83. The lowest BCUT2D eigenvalue weighted by molar-refractivity contribution is 0.438. The van der Waals surface area contributed by atoms with Gasteiger partial charge in [0.15, 0.2) is 5.75 Å². The van der Waals surface area contributed by atoms with Crippen molar-refractivity contribution >= 4 is 55.0 Å². The number of hydrogen-bond acceptors (Lipinski definition) is 2. The van der Waals surface area contributed by atoms with E-state index < -0.39 is 5.41 Å². The van der Waals surface area contributed by atoms with Gasteiger partial charge in [-0.1, -0.05) is 133 Å². The largest absolute Gasteiger partial charge is 0.454 e. The second-order valence-electron chi connectivity index (χ2n) is 15.9. The number of aromatic nitrogens is 2. The van der Waals surface area contributed by atoms with Crippen LogP contribution in [0.3, 0.4) is 0 Å². The zero-order valence-corrected chi connectivity index (χ0v) is 32.2. The zero-order chi connectivity index (χ0) is 38.7. The van der Waals surface area contributed by atoms with Crippen molar-refractivity contribution in [3.8, 4) is 22.9 Å². The second kappa shape index (κ2) is 12.2. The molecule has 10 aromatic rings. The van der Waals surface area contributed by atoms with Crippen LogP contribution in [0.15, 0.2) is 206 Å². The van der Waals surface area contributed by atoms with E-state index in [2.05, 4.69) is 214 Å². The Bertz CT molecular complexity index is 3420. The van der Waals surface area contributed by atoms with E-state index in [1.54, 1.807) is 0 Å². The number of anilines is 2. The van der Waals surface area contributed by atoms with Gasteiger partial charge in [-0.05, 0) is 90.7 Å². The number of hydrogen-bond donors (Lipinski definition) is 0. The first kappa shape index (κ1) is 32.5. The number of ether oxygens (including phenoxy) is 1. The molecule has 0 amide bonds. The summed E-state index contributed by atoms with van der Waals surface area (Å²) in [5, 5.41) is 4.89. The molecular weight excluding hydrogens is 719 g/mol. The predicted octanol–water partition coefficient (Wildman–Crippen LogP) is 14.1. The maximum absolute atomic E-state index is 7.32. The average molecular weight is 756 g/mol. The summed E-state index contributed by atoms with van der Waals surface area (Å²) in [6.07, 6.45) is 8.70. The lowest BCUT2D eigenvalue weighted by Crippen LogP contribution is -2.37. The van der Waals surface area contributed by atoms with E-state index in [0.29, 0.717) is 0 Å². The Morgan fingerprint density at radius 2 is 1.12 bits per heavy atom. The van der Waals surface area contributed by atoms with Gasteiger partial charge in [-0.3, -0.25) is 0 Å². The molecule has 0 saturated heterocycles. The fourth-order valence-corrected chi connectivity index (χ4v) is 10.7. The Kier molecular flexibility index (Phi) is 6.74. The van der Waals surface area contributed by atoms with Gasteiger partial charge in [-0.15, -0.1) is 0 Å². The summed E-state index contributed by atoms with van der Waals surface area (Å²) >= 11 is 0. The predicted molar refractivity (Wildman–Crippen MR) is 242 cm³/mol. The first-order valence-electron chi connectivity index (χ1n) is 20.6. The monoisotopic (exact) mass is 755 g/mol. The molecule has 0 bridgehead atoms. The third-order valence-electron chi connectivity index (χ3n) is 13.0. The highest BCUT2D eigenvalue weighted by Gasteiger charge is 2.51. The van der Waals surface area contributed by atoms with Gasteiger partial charge in [-0.25, -0.2) is 0 Å². The van der Waals surface area contributed by atoms with Crippen LogP contribution in [0.4, 0.5) is 11.4 Å². The number of benzene rings is 8. The molecule has 0 radical (unpaired) electrons. The molecule has 1 unspecified atom stereocenters. The molecule has 2 aliphatic heterocycles. The van der Waals surface area contributed by atoms with Crippen LogP contribution in [0.25, 0.3) is 55.0 Å². The highest BCUT2D eigenvalue weighted by molar-refractivity contribution is 6.14. The van der Waals surface area contributed by atoms with Crippen LogP contribution in [0, 0.1) is 0 Å². The van der Waals surface area contributed by atoms with Crippen LogP contribution in [-0.2, 0) is 5.41 Å². The minimum atomic E-state index is -0.650. The van der Waals surface area contributed by atoms with Crippen molar-refractivity contribution in [3.05, 3.63) is 228 Å². The third kappa shape index (κ3) is 4.32. The van der Waals surface area contributed by atoms with Gasteiger partial charge in [-0.2, -0.15) is 0 Å². The van der Waals surface area contributed by atoms with E-state index in [-0.39, 0.29) is 0 Å². The van der Waals surface area contributed by atoms with Crippen molar-refractivity contribution < 1.29 is 4.74 Å². The first-order valence-corrected chi connectivity index (χ1v) is 20.6. The summed E-state index contributed by atoms with van der Waals surface area (Å²) in [7, 11) is 0. The van der Waals surface area contributed by atoms with Crippen molar-refractivity contribution in [2.75, 3.05) is 4.90 Å². The Morgan fingerprint density at radius 3 is 1.92 bits per heavy atom. The Balaban J connectivity index is 1.11. The fraction of sp³-hybridized carbons (Fsp3) is 0.0545. The molecule has 59 heavy (non-hydrogen) atoms. The van der Waals surface area contributed by atoms with Gasteiger partial charge < -0.3 is 18.8 Å². The number of fused-ring (bicyclic) bond motifs is 15. The lowest BCUT2D eigenvalue weighted by Gasteiger charge is -2.45. The third-order valence-corrected chi connectivity index (χ3v) is 13.0. The maximum Gasteiger partial charge on any atom is 0.156 e. The number of nitrogens with zero attached hydrogens (tertiary/aromatic N) is 3. The molecule has 1 aliphatic carbocycles. The maximum atomic E-state index is 7.32. The summed E-state index contributed by atoms with van der Waals surface area (Å²) in [4.78, 5) is 2.39. The standard InChI is InChI=1S/C55H37N3O/c1-3-16-36(17-4-1)56(37-18-5-2-6-19-37)38-30-32-39(33-31-38)57-48-26-11-7-21-41(48)43-34-35-47-54(53(43)57)59-51-29-14-10-24-45(51)55(47)44-23-9-13-28-50(44)58-49-27-12-8-20-40(49)42-22-15-25-46(55)52(42)58/h1-5,7-18,20-35H,6,19H2. The molecule has 8 aromatic carbocycles. The molecule has 3 aliphatic rings. The lowest BCUT2D eigenvalue weighted by atomic mass is 9.61. The molecular formula is C55H37N3O. The molecule has 1 spiro atoms. The van der Waals surface area contributed by atoms with Crippen LogP contribution in [-0.4, -0.2) is 9.13 Å². The summed E-state index contributed by atoms with van der Waals surface area (Å²) < 4.78 is 12.2.